The number of benzene rings is 1. The minimum absolute atomic E-state index is 0.0491. The van der Waals surface area contributed by atoms with Gasteiger partial charge in [0.25, 0.3) is 0 Å². The summed E-state index contributed by atoms with van der Waals surface area (Å²) >= 11 is 0. The van der Waals surface area contributed by atoms with Crippen molar-refractivity contribution in [2.75, 3.05) is 32.6 Å². The second-order valence-electron chi connectivity index (χ2n) is 4.41. The number of hydrogen-bond acceptors (Lipinski definition) is 3. The number of carbonyl (C=O) groups excluding carboxylic acids is 1. The third kappa shape index (κ3) is 5.01. The standard InChI is InChI=1S/C14H20N2O2/c1-11(2)9-16(3)10-14(17)15-12-6-5-7-13(8-12)18-4/h5-8H,1,9-10H2,2-4H3,(H,15,17). The molecule has 1 aromatic carbocycles. The second-order valence-corrected chi connectivity index (χ2v) is 4.41. The van der Waals surface area contributed by atoms with E-state index in [-0.39, 0.29) is 5.91 Å². The van der Waals surface area contributed by atoms with Crippen LogP contribution in [-0.4, -0.2) is 38.1 Å². The molecule has 0 fully saturated rings. The van der Waals surface area contributed by atoms with Crippen molar-refractivity contribution < 1.29 is 9.53 Å². The maximum absolute atomic E-state index is 11.8. The van der Waals surface area contributed by atoms with Gasteiger partial charge < -0.3 is 10.1 Å². The fourth-order valence-electron chi connectivity index (χ4n) is 1.66. The lowest BCUT2D eigenvalue weighted by Crippen LogP contribution is -2.31. The maximum atomic E-state index is 11.8. The van der Waals surface area contributed by atoms with E-state index in [1.807, 2.05) is 37.1 Å². The van der Waals surface area contributed by atoms with E-state index in [0.717, 1.165) is 17.0 Å². The largest absolute Gasteiger partial charge is 0.497 e. The first-order chi connectivity index (χ1) is 8.51. The highest BCUT2D eigenvalue weighted by molar-refractivity contribution is 5.92. The Morgan fingerprint density at radius 2 is 2.17 bits per heavy atom. The Morgan fingerprint density at radius 1 is 1.44 bits per heavy atom. The summed E-state index contributed by atoms with van der Waals surface area (Å²) in [5, 5.41) is 2.83. The predicted octanol–water partition coefficient (Wildman–Crippen LogP) is 2.14. The van der Waals surface area contributed by atoms with Crippen LogP contribution in [-0.2, 0) is 4.79 Å². The Morgan fingerprint density at radius 3 is 2.78 bits per heavy atom. The van der Waals surface area contributed by atoms with Gasteiger partial charge in [0.05, 0.1) is 13.7 Å². The van der Waals surface area contributed by atoms with Crippen LogP contribution in [0.1, 0.15) is 6.92 Å². The second kappa shape index (κ2) is 6.81. The normalized spacial score (nSPS) is 10.2. The van der Waals surface area contributed by atoms with Gasteiger partial charge >= 0.3 is 0 Å². The first-order valence-corrected chi connectivity index (χ1v) is 5.78. The Hall–Kier alpha value is -1.81. The first-order valence-electron chi connectivity index (χ1n) is 5.78. The van der Waals surface area contributed by atoms with Gasteiger partial charge in [0.2, 0.25) is 5.91 Å². The van der Waals surface area contributed by atoms with Crippen LogP contribution >= 0.6 is 0 Å². The number of anilines is 1. The molecule has 0 unspecified atom stereocenters. The monoisotopic (exact) mass is 248 g/mol. The predicted molar refractivity (Wildman–Crippen MR) is 73.9 cm³/mol. The lowest BCUT2D eigenvalue weighted by Gasteiger charge is -2.16. The summed E-state index contributed by atoms with van der Waals surface area (Å²) in [6.45, 7) is 6.81. The van der Waals surface area contributed by atoms with Crippen LogP contribution < -0.4 is 10.1 Å². The van der Waals surface area contributed by atoms with E-state index in [0.29, 0.717) is 13.1 Å². The van der Waals surface area contributed by atoms with E-state index in [2.05, 4.69) is 11.9 Å². The van der Waals surface area contributed by atoms with Crippen LogP contribution in [0.15, 0.2) is 36.4 Å². The van der Waals surface area contributed by atoms with E-state index in [9.17, 15) is 4.79 Å². The van der Waals surface area contributed by atoms with Crippen molar-refractivity contribution in [2.24, 2.45) is 0 Å². The summed E-state index contributed by atoms with van der Waals surface area (Å²) in [4.78, 5) is 13.7. The smallest absolute Gasteiger partial charge is 0.238 e. The van der Waals surface area contributed by atoms with Gasteiger partial charge in [-0.15, -0.1) is 0 Å². The number of hydrogen-bond donors (Lipinski definition) is 1. The molecule has 1 amide bonds. The van der Waals surface area contributed by atoms with E-state index in [1.165, 1.54) is 0 Å². The van der Waals surface area contributed by atoms with Crippen molar-refractivity contribution in [1.29, 1.82) is 0 Å². The van der Waals surface area contributed by atoms with E-state index >= 15 is 0 Å². The summed E-state index contributed by atoms with van der Waals surface area (Å²) in [6, 6.07) is 7.30. The average molecular weight is 248 g/mol. The number of nitrogens with one attached hydrogen (secondary N) is 1. The number of ether oxygens (including phenoxy) is 1. The summed E-state index contributed by atoms with van der Waals surface area (Å²) < 4.78 is 5.10. The van der Waals surface area contributed by atoms with Gasteiger partial charge in [-0.3, -0.25) is 9.69 Å². The molecule has 0 atom stereocenters. The van der Waals surface area contributed by atoms with Crippen LogP contribution in [0.3, 0.4) is 0 Å². The summed E-state index contributed by atoms with van der Waals surface area (Å²) in [7, 11) is 3.49. The molecule has 1 N–H and O–H groups in total. The molecule has 0 aliphatic carbocycles. The minimum atomic E-state index is -0.0491. The third-order valence-electron chi connectivity index (χ3n) is 2.31. The highest BCUT2D eigenvalue weighted by Gasteiger charge is 2.07. The fraction of sp³-hybridized carbons (Fsp3) is 0.357. The van der Waals surface area contributed by atoms with Crippen molar-refractivity contribution in [3.63, 3.8) is 0 Å². The number of carbonyl (C=O) groups is 1. The Bertz CT molecular complexity index is 430. The van der Waals surface area contributed by atoms with E-state index in [4.69, 9.17) is 4.74 Å². The minimum Gasteiger partial charge on any atom is -0.497 e. The summed E-state index contributed by atoms with van der Waals surface area (Å²) in [5.74, 6) is 0.676. The molecule has 4 heteroatoms. The molecule has 0 aliphatic rings. The van der Waals surface area contributed by atoms with Crippen LogP contribution in [0.2, 0.25) is 0 Å². The van der Waals surface area contributed by atoms with Gasteiger partial charge in [0.15, 0.2) is 0 Å². The van der Waals surface area contributed by atoms with Crippen molar-refractivity contribution in [2.45, 2.75) is 6.92 Å². The third-order valence-corrected chi connectivity index (χ3v) is 2.31. The molecule has 0 heterocycles. The molecule has 1 rings (SSSR count). The molecule has 0 saturated heterocycles. The van der Waals surface area contributed by atoms with Gasteiger partial charge in [0.1, 0.15) is 5.75 Å². The van der Waals surface area contributed by atoms with Gasteiger partial charge in [-0.2, -0.15) is 0 Å². The van der Waals surface area contributed by atoms with Crippen molar-refractivity contribution in [3.05, 3.63) is 36.4 Å². The van der Waals surface area contributed by atoms with Crippen molar-refractivity contribution >= 4 is 11.6 Å². The molecule has 1 aromatic rings. The molecule has 4 nitrogen and oxygen atoms in total. The quantitative estimate of drug-likeness (QED) is 0.784. The van der Waals surface area contributed by atoms with Gasteiger partial charge in [-0.05, 0) is 26.1 Å². The number of rotatable bonds is 6. The zero-order chi connectivity index (χ0) is 13.5. The van der Waals surface area contributed by atoms with Crippen LogP contribution in [0, 0.1) is 0 Å². The molecule has 0 spiro atoms. The molecule has 0 saturated carbocycles. The van der Waals surface area contributed by atoms with Crippen molar-refractivity contribution in [1.82, 2.24) is 4.90 Å². The number of likely N-dealkylation sites (N-methyl/N-ethyl adjacent to an activating group) is 1. The van der Waals surface area contributed by atoms with Crippen LogP contribution in [0.25, 0.3) is 0 Å². The molecular weight excluding hydrogens is 228 g/mol. The first kappa shape index (κ1) is 14.3. The zero-order valence-corrected chi connectivity index (χ0v) is 11.2. The van der Waals surface area contributed by atoms with Gasteiger partial charge in [-0.1, -0.05) is 18.2 Å². The topological polar surface area (TPSA) is 41.6 Å². The summed E-state index contributed by atoms with van der Waals surface area (Å²) in [6.07, 6.45) is 0. The highest BCUT2D eigenvalue weighted by atomic mass is 16.5. The van der Waals surface area contributed by atoms with E-state index < -0.39 is 0 Å². The lowest BCUT2D eigenvalue weighted by atomic mass is 10.3. The number of nitrogens with zero attached hydrogens (tertiary/aromatic N) is 1. The molecule has 18 heavy (non-hydrogen) atoms. The summed E-state index contributed by atoms with van der Waals surface area (Å²) in [5.41, 5.74) is 1.77. The van der Waals surface area contributed by atoms with Gasteiger partial charge in [0, 0.05) is 18.3 Å². The van der Waals surface area contributed by atoms with Crippen LogP contribution in [0.4, 0.5) is 5.69 Å². The highest BCUT2D eigenvalue weighted by Crippen LogP contribution is 2.16. The average Bonchev–Trinajstić information content (AvgIpc) is 2.27. The molecule has 0 aromatic heterocycles. The fourth-order valence-corrected chi connectivity index (χ4v) is 1.66. The van der Waals surface area contributed by atoms with E-state index in [1.54, 1.807) is 13.2 Å². The Labute approximate surface area is 108 Å². The SMILES string of the molecule is C=C(C)CN(C)CC(=O)Nc1cccc(OC)c1. The number of amides is 1. The Balaban J connectivity index is 2.51. The van der Waals surface area contributed by atoms with Crippen molar-refractivity contribution in [3.8, 4) is 5.75 Å². The van der Waals surface area contributed by atoms with Gasteiger partial charge in [-0.25, -0.2) is 0 Å². The molecular formula is C14H20N2O2. The molecule has 0 radical (unpaired) electrons. The molecule has 0 bridgehead atoms. The maximum Gasteiger partial charge on any atom is 0.238 e. The number of methoxy groups -OCH3 is 1. The lowest BCUT2D eigenvalue weighted by molar-refractivity contribution is -0.116. The molecule has 98 valence electrons. The molecule has 0 aliphatic heterocycles. The Kier molecular flexibility index (Phi) is 5.39. The zero-order valence-electron chi connectivity index (χ0n) is 11.2. The van der Waals surface area contributed by atoms with Crippen LogP contribution in [0.5, 0.6) is 5.75 Å².